The van der Waals surface area contributed by atoms with Crippen LogP contribution in [0.15, 0.2) is 18.2 Å². The first-order valence-electron chi connectivity index (χ1n) is 6.23. The second-order valence-electron chi connectivity index (χ2n) is 4.56. The fraction of sp³-hybridized carbons (Fsp3) is 0.462. The lowest BCUT2D eigenvalue weighted by Gasteiger charge is -2.13. The molecule has 1 aromatic carbocycles. The Kier molecular flexibility index (Phi) is 4.15. The van der Waals surface area contributed by atoms with Crippen molar-refractivity contribution in [2.24, 2.45) is 5.73 Å². The fourth-order valence-electron chi connectivity index (χ4n) is 2.26. The van der Waals surface area contributed by atoms with Crippen LogP contribution in [-0.4, -0.2) is 25.0 Å². The minimum absolute atomic E-state index is 0.203. The molecule has 0 radical (unpaired) electrons. The van der Waals surface area contributed by atoms with E-state index < -0.39 is 11.7 Å². The van der Waals surface area contributed by atoms with Gasteiger partial charge in [0.05, 0.1) is 5.56 Å². The highest BCUT2D eigenvalue weighted by Gasteiger charge is 2.14. The van der Waals surface area contributed by atoms with E-state index in [0.29, 0.717) is 11.7 Å². The van der Waals surface area contributed by atoms with Crippen molar-refractivity contribution in [1.82, 2.24) is 5.32 Å². The van der Waals surface area contributed by atoms with E-state index in [-0.39, 0.29) is 5.56 Å². The maximum absolute atomic E-state index is 13.0. The molecular formula is C13H18FN3O. The van der Waals surface area contributed by atoms with Crippen molar-refractivity contribution >= 4 is 11.6 Å². The van der Waals surface area contributed by atoms with Crippen molar-refractivity contribution in [3.05, 3.63) is 29.6 Å². The Labute approximate surface area is 106 Å². The Morgan fingerprint density at radius 2 is 2.39 bits per heavy atom. The van der Waals surface area contributed by atoms with E-state index in [1.165, 1.54) is 25.0 Å². The Morgan fingerprint density at radius 3 is 3.06 bits per heavy atom. The number of carbonyl (C=O) groups is 1. The Morgan fingerprint density at radius 1 is 1.56 bits per heavy atom. The molecule has 4 nitrogen and oxygen atoms in total. The first kappa shape index (κ1) is 12.8. The summed E-state index contributed by atoms with van der Waals surface area (Å²) in [6.45, 7) is 1.82. The Balaban J connectivity index is 1.93. The van der Waals surface area contributed by atoms with Crippen LogP contribution in [0.4, 0.5) is 10.1 Å². The smallest absolute Gasteiger partial charge is 0.250 e. The van der Waals surface area contributed by atoms with Crippen LogP contribution in [0.25, 0.3) is 0 Å². The minimum Gasteiger partial charge on any atom is -0.384 e. The molecule has 1 saturated heterocycles. The molecule has 0 saturated carbocycles. The molecule has 1 fully saturated rings. The number of nitrogens with one attached hydrogen (secondary N) is 2. The summed E-state index contributed by atoms with van der Waals surface area (Å²) in [5.74, 6) is -1.07. The molecule has 0 unspecified atom stereocenters. The normalized spacial score (nSPS) is 18.8. The second kappa shape index (κ2) is 5.82. The van der Waals surface area contributed by atoms with Crippen LogP contribution in [0.2, 0.25) is 0 Å². The maximum atomic E-state index is 13.0. The zero-order chi connectivity index (χ0) is 13.0. The highest BCUT2D eigenvalue weighted by molar-refractivity contribution is 5.98. The van der Waals surface area contributed by atoms with Gasteiger partial charge in [-0.2, -0.15) is 0 Å². The first-order valence-corrected chi connectivity index (χ1v) is 6.23. The fourth-order valence-corrected chi connectivity index (χ4v) is 2.26. The lowest BCUT2D eigenvalue weighted by molar-refractivity contribution is 0.100. The quantitative estimate of drug-likeness (QED) is 0.742. The van der Waals surface area contributed by atoms with Gasteiger partial charge in [0.2, 0.25) is 0 Å². The van der Waals surface area contributed by atoms with E-state index in [1.807, 2.05) is 0 Å². The molecule has 2 rings (SSSR count). The third-order valence-corrected chi connectivity index (χ3v) is 3.22. The van der Waals surface area contributed by atoms with Crippen LogP contribution in [0.5, 0.6) is 0 Å². The summed E-state index contributed by atoms with van der Waals surface area (Å²) in [7, 11) is 0. The number of rotatable bonds is 5. The Hall–Kier alpha value is -1.62. The van der Waals surface area contributed by atoms with Gasteiger partial charge in [-0.15, -0.1) is 0 Å². The van der Waals surface area contributed by atoms with Crippen LogP contribution >= 0.6 is 0 Å². The van der Waals surface area contributed by atoms with Gasteiger partial charge in [-0.05, 0) is 44.0 Å². The van der Waals surface area contributed by atoms with Gasteiger partial charge in [0.25, 0.3) is 5.91 Å². The molecule has 0 aliphatic carbocycles. The topological polar surface area (TPSA) is 67.2 Å². The summed E-state index contributed by atoms with van der Waals surface area (Å²) in [6, 6.07) is 4.58. The number of hydrogen-bond acceptors (Lipinski definition) is 3. The van der Waals surface area contributed by atoms with Crippen LogP contribution in [-0.2, 0) is 0 Å². The van der Waals surface area contributed by atoms with Crippen molar-refractivity contribution in [3.63, 3.8) is 0 Å². The molecule has 0 aromatic heterocycles. The lowest BCUT2D eigenvalue weighted by Crippen LogP contribution is -2.24. The number of nitrogens with two attached hydrogens (primary N) is 1. The summed E-state index contributed by atoms with van der Waals surface area (Å²) in [5.41, 5.74) is 6.02. The molecule has 1 aliphatic heterocycles. The molecule has 1 aliphatic rings. The van der Waals surface area contributed by atoms with E-state index in [0.717, 1.165) is 19.5 Å². The van der Waals surface area contributed by atoms with E-state index in [1.54, 1.807) is 6.07 Å². The standard InChI is InChI=1S/C13H18FN3O/c14-9-3-4-12(11(8-9)13(15)18)17-7-5-10-2-1-6-16-10/h3-4,8,10,16-17H,1-2,5-7H2,(H2,15,18)/t10-/m0/s1. The van der Waals surface area contributed by atoms with E-state index >= 15 is 0 Å². The minimum atomic E-state index is -0.615. The summed E-state index contributed by atoms with van der Waals surface area (Å²) in [5, 5.41) is 6.54. The van der Waals surface area contributed by atoms with Crippen molar-refractivity contribution in [3.8, 4) is 0 Å². The molecule has 5 heteroatoms. The van der Waals surface area contributed by atoms with Gasteiger partial charge in [-0.3, -0.25) is 4.79 Å². The van der Waals surface area contributed by atoms with Gasteiger partial charge in [0.1, 0.15) is 5.82 Å². The number of carbonyl (C=O) groups excluding carboxylic acids is 1. The van der Waals surface area contributed by atoms with E-state index in [9.17, 15) is 9.18 Å². The van der Waals surface area contributed by atoms with Crippen molar-refractivity contribution < 1.29 is 9.18 Å². The van der Waals surface area contributed by atoms with Crippen LogP contribution in [0.1, 0.15) is 29.6 Å². The first-order chi connectivity index (χ1) is 8.66. The van der Waals surface area contributed by atoms with Gasteiger partial charge in [-0.1, -0.05) is 0 Å². The Bertz CT molecular complexity index is 430. The highest BCUT2D eigenvalue weighted by atomic mass is 19.1. The lowest BCUT2D eigenvalue weighted by atomic mass is 10.1. The predicted octanol–water partition coefficient (Wildman–Crippen LogP) is 1.48. The van der Waals surface area contributed by atoms with Crippen molar-refractivity contribution in [1.29, 1.82) is 0 Å². The number of benzene rings is 1. The summed E-state index contributed by atoms with van der Waals surface area (Å²) in [4.78, 5) is 11.2. The van der Waals surface area contributed by atoms with Gasteiger partial charge in [-0.25, -0.2) is 4.39 Å². The molecule has 1 aromatic rings. The molecular weight excluding hydrogens is 233 g/mol. The van der Waals surface area contributed by atoms with E-state index in [2.05, 4.69) is 10.6 Å². The van der Waals surface area contributed by atoms with Gasteiger partial charge in [0, 0.05) is 18.3 Å². The number of amides is 1. The average molecular weight is 251 g/mol. The number of primary amides is 1. The summed E-state index contributed by atoms with van der Waals surface area (Å²) >= 11 is 0. The highest BCUT2D eigenvalue weighted by Crippen LogP contribution is 2.17. The molecule has 1 atom stereocenters. The van der Waals surface area contributed by atoms with Crippen LogP contribution in [0.3, 0.4) is 0 Å². The number of anilines is 1. The molecule has 98 valence electrons. The molecule has 4 N–H and O–H groups in total. The maximum Gasteiger partial charge on any atom is 0.250 e. The number of hydrogen-bond donors (Lipinski definition) is 3. The van der Waals surface area contributed by atoms with Crippen LogP contribution < -0.4 is 16.4 Å². The summed E-state index contributed by atoms with van der Waals surface area (Å²) in [6.07, 6.45) is 3.39. The largest absolute Gasteiger partial charge is 0.384 e. The third-order valence-electron chi connectivity index (χ3n) is 3.22. The van der Waals surface area contributed by atoms with Gasteiger partial charge >= 0.3 is 0 Å². The molecule has 1 amide bonds. The number of halogens is 1. The molecule has 0 bridgehead atoms. The van der Waals surface area contributed by atoms with Crippen molar-refractivity contribution in [2.45, 2.75) is 25.3 Å². The third kappa shape index (κ3) is 3.20. The zero-order valence-corrected chi connectivity index (χ0v) is 10.2. The second-order valence-corrected chi connectivity index (χ2v) is 4.56. The van der Waals surface area contributed by atoms with Gasteiger partial charge in [0.15, 0.2) is 0 Å². The summed E-state index contributed by atoms with van der Waals surface area (Å²) < 4.78 is 13.0. The average Bonchev–Trinajstić information content (AvgIpc) is 2.84. The molecule has 0 spiro atoms. The van der Waals surface area contributed by atoms with E-state index in [4.69, 9.17) is 5.73 Å². The SMILES string of the molecule is NC(=O)c1cc(F)ccc1NCC[C@@H]1CCCN1. The van der Waals surface area contributed by atoms with Crippen molar-refractivity contribution in [2.75, 3.05) is 18.4 Å². The molecule has 18 heavy (non-hydrogen) atoms. The van der Waals surface area contributed by atoms with Crippen LogP contribution in [0, 0.1) is 5.82 Å². The predicted molar refractivity (Wildman–Crippen MR) is 69.0 cm³/mol. The molecule has 1 heterocycles. The zero-order valence-electron chi connectivity index (χ0n) is 10.2. The van der Waals surface area contributed by atoms with Gasteiger partial charge < -0.3 is 16.4 Å². The monoisotopic (exact) mass is 251 g/mol.